The summed E-state index contributed by atoms with van der Waals surface area (Å²) in [5.74, 6) is 0.0729. The van der Waals surface area contributed by atoms with Crippen molar-refractivity contribution >= 4 is 5.97 Å². The summed E-state index contributed by atoms with van der Waals surface area (Å²) in [6.07, 6.45) is 0. The van der Waals surface area contributed by atoms with Gasteiger partial charge >= 0.3 is 5.97 Å². The van der Waals surface area contributed by atoms with Gasteiger partial charge in [-0.05, 0) is 30.5 Å². The molecule has 3 nitrogen and oxygen atoms in total. The maximum Gasteiger partial charge on any atom is 0.310 e. The van der Waals surface area contributed by atoms with E-state index in [9.17, 15) is 4.79 Å². The summed E-state index contributed by atoms with van der Waals surface area (Å²) in [7, 11) is 1.46. The lowest BCUT2D eigenvalue weighted by Gasteiger charge is -2.19. The Hall–Kier alpha value is -1.35. The Kier molecular flexibility index (Phi) is 3.48. The number of carbonyl (C=O) groups is 1. The number of carbonyl (C=O) groups excluding carboxylic acids is 1. The number of ether oxygens (including phenoxy) is 1. The van der Waals surface area contributed by atoms with Gasteiger partial charge in [0.25, 0.3) is 0 Å². The molecule has 0 amide bonds. The third-order valence-electron chi connectivity index (χ3n) is 3.76. The molecule has 1 saturated heterocycles. The molecule has 17 heavy (non-hydrogen) atoms. The average Bonchev–Trinajstić information content (AvgIpc) is 2.80. The van der Waals surface area contributed by atoms with Crippen LogP contribution in [0.15, 0.2) is 18.2 Å². The zero-order valence-corrected chi connectivity index (χ0v) is 10.6. The highest BCUT2D eigenvalue weighted by Gasteiger charge is 2.35. The Labute approximate surface area is 102 Å². The molecule has 0 radical (unpaired) electrons. The van der Waals surface area contributed by atoms with Crippen molar-refractivity contribution in [2.24, 2.45) is 5.92 Å². The zero-order chi connectivity index (χ0) is 12.4. The predicted molar refractivity (Wildman–Crippen MR) is 67.0 cm³/mol. The molecule has 1 fully saturated rings. The van der Waals surface area contributed by atoms with Crippen LogP contribution in [0.5, 0.6) is 0 Å². The molecular weight excluding hydrogens is 214 g/mol. The van der Waals surface area contributed by atoms with E-state index in [2.05, 4.69) is 37.4 Å². The van der Waals surface area contributed by atoms with Crippen molar-refractivity contribution in [1.82, 2.24) is 5.32 Å². The molecule has 2 atom stereocenters. The molecule has 1 aliphatic heterocycles. The minimum absolute atomic E-state index is 0.0551. The number of nitrogens with one attached hydrogen (secondary N) is 1. The van der Waals surface area contributed by atoms with Crippen molar-refractivity contribution in [3.05, 3.63) is 34.9 Å². The van der Waals surface area contributed by atoms with Crippen LogP contribution in [0.1, 0.15) is 22.6 Å². The fraction of sp³-hybridized carbons (Fsp3) is 0.500. The van der Waals surface area contributed by atoms with E-state index >= 15 is 0 Å². The van der Waals surface area contributed by atoms with Gasteiger partial charge in [0, 0.05) is 19.0 Å². The number of esters is 1. The van der Waals surface area contributed by atoms with Crippen LogP contribution < -0.4 is 5.32 Å². The molecule has 0 aliphatic carbocycles. The summed E-state index contributed by atoms with van der Waals surface area (Å²) in [6.45, 7) is 5.79. The number of benzene rings is 1. The molecule has 1 aliphatic rings. The molecule has 0 saturated carbocycles. The number of hydrogen-bond donors (Lipinski definition) is 1. The van der Waals surface area contributed by atoms with E-state index in [1.807, 2.05) is 0 Å². The number of hydrogen-bond acceptors (Lipinski definition) is 3. The van der Waals surface area contributed by atoms with Crippen LogP contribution in [0.3, 0.4) is 0 Å². The molecule has 1 N–H and O–H groups in total. The van der Waals surface area contributed by atoms with Crippen LogP contribution in [0.2, 0.25) is 0 Å². The molecule has 0 bridgehead atoms. The molecule has 3 heteroatoms. The lowest BCUT2D eigenvalue weighted by molar-refractivity contribution is -0.145. The van der Waals surface area contributed by atoms with E-state index in [0.717, 1.165) is 6.54 Å². The standard InChI is InChI=1S/C14H19NO2/c1-9-5-4-6-11(10(9)2)12-7-15-8-13(12)14(16)17-3/h4-6,12-13,15H,7-8H2,1-3H3. The minimum Gasteiger partial charge on any atom is -0.469 e. The van der Waals surface area contributed by atoms with Crippen LogP contribution in [0.25, 0.3) is 0 Å². The Morgan fingerprint density at radius 1 is 1.35 bits per heavy atom. The van der Waals surface area contributed by atoms with Gasteiger partial charge in [-0.1, -0.05) is 18.2 Å². The second-order valence-corrected chi connectivity index (χ2v) is 4.68. The summed E-state index contributed by atoms with van der Waals surface area (Å²) in [6, 6.07) is 6.29. The third-order valence-corrected chi connectivity index (χ3v) is 3.76. The van der Waals surface area contributed by atoms with Crippen LogP contribution in [-0.2, 0) is 9.53 Å². The first kappa shape index (κ1) is 12.1. The molecule has 0 spiro atoms. The SMILES string of the molecule is COC(=O)C1CNCC1c1cccc(C)c1C. The lowest BCUT2D eigenvalue weighted by atomic mass is 9.85. The highest BCUT2D eigenvalue weighted by Crippen LogP contribution is 2.32. The summed E-state index contributed by atoms with van der Waals surface area (Å²) >= 11 is 0. The summed E-state index contributed by atoms with van der Waals surface area (Å²) < 4.78 is 4.88. The van der Waals surface area contributed by atoms with Crippen molar-refractivity contribution in [3.8, 4) is 0 Å². The first-order valence-corrected chi connectivity index (χ1v) is 5.99. The van der Waals surface area contributed by atoms with Gasteiger partial charge in [-0.2, -0.15) is 0 Å². The molecule has 1 heterocycles. The van der Waals surface area contributed by atoms with Gasteiger partial charge < -0.3 is 10.1 Å². The minimum atomic E-state index is -0.110. The quantitative estimate of drug-likeness (QED) is 0.791. The maximum atomic E-state index is 11.7. The van der Waals surface area contributed by atoms with Crippen LogP contribution in [0.4, 0.5) is 0 Å². The Bertz CT molecular complexity index is 428. The molecule has 1 aromatic carbocycles. The molecule has 2 rings (SSSR count). The molecular formula is C14H19NO2. The van der Waals surface area contributed by atoms with Crippen molar-refractivity contribution in [1.29, 1.82) is 0 Å². The zero-order valence-electron chi connectivity index (χ0n) is 10.6. The van der Waals surface area contributed by atoms with Gasteiger partial charge in [-0.15, -0.1) is 0 Å². The van der Waals surface area contributed by atoms with Crippen LogP contribution in [-0.4, -0.2) is 26.2 Å². The third kappa shape index (κ3) is 2.20. The smallest absolute Gasteiger partial charge is 0.310 e. The Morgan fingerprint density at radius 3 is 2.82 bits per heavy atom. The van der Waals surface area contributed by atoms with Gasteiger partial charge in [0.05, 0.1) is 13.0 Å². The van der Waals surface area contributed by atoms with E-state index in [-0.39, 0.29) is 17.8 Å². The van der Waals surface area contributed by atoms with Crippen molar-refractivity contribution in [3.63, 3.8) is 0 Å². The van der Waals surface area contributed by atoms with Gasteiger partial charge in [0.1, 0.15) is 0 Å². The summed E-state index contributed by atoms with van der Waals surface area (Å²) in [4.78, 5) is 11.7. The first-order chi connectivity index (χ1) is 8.15. The van der Waals surface area contributed by atoms with E-state index in [1.54, 1.807) is 0 Å². The maximum absolute atomic E-state index is 11.7. The number of methoxy groups -OCH3 is 1. The highest BCUT2D eigenvalue weighted by atomic mass is 16.5. The lowest BCUT2D eigenvalue weighted by Crippen LogP contribution is -2.23. The number of aryl methyl sites for hydroxylation is 1. The fourth-order valence-electron chi connectivity index (χ4n) is 2.58. The molecule has 2 unspecified atom stereocenters. The van der Waals surface area contributed by atoms with E-state index in [0.29, 0.717) is 6.54 Å². The summed E-state index contributed by atoms with van der Waals surface area (Å²) in [5, 5.41) is 3.28. The van der Waals surface area contributed by atoms with E-state index in [4.69, 9.17) is 4.74 Å². The van der Waals surface area contributed by atoms with E-state index < -0.39 is 0 Å². The highest BCUT2D eigenvalue weighted by molar-refractivity contribution is 5.74. The largest absolute Gasteiger partial charge is 0.469 e. The molecule has 1 aromatic rings. The Balaban J connectivity index is 2.32. The second kappa shape index (κ2) is 4.88. The summed E-state index contributed by atoms with van der Waals surface area (Å²) in [5.41, 5.74) is 3.83. The predicted octanol–water partition coefficient (Wildman–Crippen LogP) is 1.78. The van der Waals surface area contributed by atoms with Crippen molar-refractivity contribution in [2.75, 3.05) is 20.2 Å². The Morgan fingerprint density at radius 2 is 2.12 bits per heavy atom. The van der Waals surface area contributed by atoms with Crippen LogP contribution in [0, 0.1) is 19.8 Å². The fourth-order valence-corrected chi connectivity index (χ4v) is 2.58. The van der Waals surface area contributed by atoms with Gasteiger partial charge in [-0.25, -0.2) is 0 Å². The topological polar surface area (TPSA) is 38.3 Å². The van der Waals surface area contributed by atoms with Gasteiger partial charge in [-0.3, -0.25) is 4.79 Å². The number of rotatable bonds is 2. The van der Waals surface area contributed by atoms with Crippen molar-refractivity contribution in [2.45, 2.75) is 19.8 Å². The molecule has 92 valence electrons. The van der Waals surface area contributed by atoms with Gasteiger partial charge in [0.15, 0.2) is 0 Å². The second-order valence-electron chi connectivity index (χ2n) is 4.68. The first-order valence-electron chi connectivity index (χ1n) is 5.99. The van der Waals surface area contributed by atoms with Gasteiger partial charge in [0.2, 0.25) is 0 Å². The van der Waals surface area contributed by atoms with Crippen LogP contribution >= 0.6 is 0 Å². The molecule has 0 aromatic heterocycles. The normalized spacial score (nSPS) is 23.7. The van der Waals surface area contributed by atoms with E-state index in [1.165, 1.54) is 23.8 Å². The average molecular weight is 233 g/mol. The van der Waals surface area contributed by atoms with Crippen molar-refractivity contribution < 1.29 is 9.53 Å². The monoisotopic (exact) mass is 233 g/mol.